The maximum atomic E-state index is 13.5. The van der Waals surface area contributed by atoms with Crippen LogP contribution >= 0.6 is 0 Å². The predicted octanol–water partition coefficient (Wildman–Crippen LogP) is 4.17. The summed E-state index contributed by atoms with van der Waals surface area (Å²) in [5.41, 5.74) is 0. The molecule has 0 amide bonds. The summed E-state index contributed by atoms with van der Waals surface area (Å²) in [5.74, 6) is -6.82. The SMILES string of the molecule is FC(OC(F)(F)C(F)(F)C(F)(F)F)C(F)(F)N1CCCCC1. The molecule has 22 heavy (non-hydrogen) atoms. The fourth-order valence-electron chi connectivity index (χ4n) is 1.78. The Labute approximate surface area is 118 Å². The van der Waals surface area contributed by atoms with E-state index in [1.807, 2.05) is 0 Å². The van der Waals surface area contributed by atoms with Crippen LogP contribution in [-0.2, 0) is 4.74 Å². The highest BCUT2D eigenvalue weighted by molar-refractivity contribution is 4.86. The summed E-state index contributed by atoms with van der Waals surface area (Å²) in [5, 5.41) is 0. The Morgan fingerprint density at radius 1 is 0.773 bits per heavy atom. The predicted molar refractivity (Wildman–Crippen MR) is 52.3 cm³/mol. The normalized spacial score (nSPS) is 21.0. The van der Waals surface area contributed by atoms with E-state index in [9.17, 15) is 43.9 Å². The summed E-state index contributed by atoms with van der Waals surface area (Å²) >= 11 is 0. The molecule has 12 heteroatoms. The number of likely N-dealkylation sites (tertiary alicyclic amines) is 1. The first-order valence-corrected chi connectivity index (χ1v) is 6.00. The highest BCUT2D eigenvalue weighted by atomic mass is 19.4. The fraction of sp³-hybridized carbons (Fsp3) is 1.00. The zero-order chi connectivity index (χ0) is 17.4. The first-order valence-electron chi connectivity index (χ1n) is 6.00. The van der Waals surface area contributed by atoms with Crippen molar-refractivity contribution >= 4 is 0 Å². The Hall–Kier alpha value is -0.780. The van der Waals surface area contributed by atoms with Gasteiger partial charge in [0.25, 0.3) is 6.36 Å². The minimum atomic E-state index is -6.82. The van der Waals surface area contributed by atoms with Crippen molar-refractivity contribution in [2.45, 2.75) is 49.9 Å². The molecule has 1 saturated heterocycles. The molecule has 0 bridgehead atoms. The van der Waals surface area contributed by atoms with Crippen LogP contribution in [0, 0.1) is 0 Å². The van der Waals surface area contributed by atoms with Crippen molar-refractivity contribution in [2.24, 2.45) is 0 Å². The smallest absolute Gasteiger partial charge is 0.273 e. The lowest BCUT2D eigenvalue weighted by Gasteiger charge is -2.37. The lowest BCUT2D eigenvalue weighted by molar-refractivity contribution is -0.456. The van der Waals surface area contributed by atoms with E-state index >= 15 is 0 Å². The molecule has 132 valence electrons. The average Bonchev–Trinajstić information content (AvgIpc) is 2.37. The van der Waals surface area contributed by atoms with E-state index in [1.54, 1.807) is 0 Å². The minimum Gasteiger partial charge on any atom is -0.273 e. The first-order chi connectivity index (χ1) is 9.73. The number of ether oxygens (including phenoxy) is 1. The third kappa shape index (κ3) is 3.58. The lowest BCUT2D eigenvalue weighted by atomic mass is 10.1. The van der Waals surface area contributed by atoms with Gasteiger partial charge in [-0.1, -0.05) is 6.42 Å². The van der Waals surface area contributed by atoms with Crippen molar-refractivity contribution in [2.75, 3.05) is 13.1 Å². The number of nitrogens with zero attached hydrogens (tertiary/aromatic N) is 1. The van der Waals surface area contributed by atoms with Crippen LogP contribution in [-0.4, -0.2) is 48.6 Å². The largest absolute Gasteiger partial charge is 0.462 e. The number of alkyl halides is 10. The third-order valence-electron chi connectivity index (χ3n) is 3.02. The van der Waals surface area contributed by atoms with Crippen LogP contribution in [0.2, 0.25) is 0 Å². The molecule has 0 N–H and O–H groups in total. The van der Waals surface area contributed by atoms with Gasteiger partial charge in [0, 0.05) is 13.1 Å². The van der Waals surface area contributed by atoms with Gasteiger partial charge in [-0.3, -0.25) is 4.74 Å². The summed E-state index contributed by atoms with van der Waals surface area (Å²) in [6.07, 6.45) is -16.8. The fourth-order valence-corrected chi connectivity index (χ4v) is 1.78. The van der Waals surface area contributed by atoms with Crippen LogP contribution in [0.1, 0.15) is 19.3 Å². The summed E-state index contributed by atoms with van der Waals surface area (Å²) < 4.78 is 129. The molecule has 1 rings (SSSR count). The van der Waals surface area contributed by atoms with E-state index in [4.69, 9.17) is 0 Å². The van der Waals surface area contributed by atoms with Gasteiger partial charge in [-0.2, -0.15) is 39.5 Å². The molecule has 0 aromatic rings. The van der Waals surface area contributed by atoms with Crippen molar-refractivity contribution in [1.29, 1.82) is 0 Å². The van der Waals surface area contributed by atoms with E-state index in [2.05, 4.69) is 4.74 Å². The van der Waals surface area contributed by atoms with Gasteiger partial charge in [0.1, 0.15) is 0 Å². The quantitative estimate of drug-likeness (QED) is 0.545. The molecular formula is C10H11F10NO. The standard InChI is InChI=1S/C10H11F10NO/c11-6(7(12,13)21-4-2-1-3-5-21)22-10(19,20)8(14,15)9(16,17)18/h6H,1-5H2. The van der Waals surface area contributed by atoms with Gasteiger partial charge in [-0.05, 0) is 12.8 Å². The van der Waals surface area contributed by atoms with Crippen LogP contribution in [0.15, 0.2) is 0 Å². The summed E-state index contributed by atoms with van der Waals surface area (Å²) in [6.45, 7) is -0.865. The van der Waals surface area contributed by atoms with Gasteiger partial charge in [0.2, 0.25) is 0 Å². The lowest BCUT2D eigenvalue weighted by Crippen LogP contribution is -2.58. The second kappa shape index (κ2) is 6.02. The van der Waals surface area contributed by atoms with Crippen molar-refractivity contribution in [3.8, 4) is 0 Å². The van der Waals surface area contributed by atoms with Gasteiger partial charge in [-0.15, -0.1) is 0 Å². The summed E-state index contributed by atoms with van der Waals surface area (Å²) in [7, 11) is 0. The number of piperidine rings is 1. The molecule has 0 aromatic heterocycles. The van der Waals surface area contributed by atoms with Gasteiger partial charge in [0.15, 0.2) is 0 Å². The molecule has 0 radical (unpaired) electrons. The highest BCUT2D eigenvalue weighted by Crippen LogP contribution is 2.48. The van der Waals surface area contributed by atoms with Crippen LogP contribution in [0.25, 0.3) is 0 Å². The zero-order valence-electron chi connectivity index (χ0n) is 10.7. The Balaban J connectivity index is 2.87. The molecule has 1 aliphatic heterocycles. The molecule has 1 heterocycles. The molecule has 1 unspecified atom stereocenters. The van der Waals surface area contributed by atoms with E-state index in [0.717, 1.165) is 0 Å². The zero-order valence-corrected chi connectivity index (χ0v) is 10.7. The molecule has 0 spiro atoms. The maximum absolute atomic E-state index is 13.5. The Morgan fingerprint density at radius 3 is 1.64 bits per heavy atom. The Kier molecular flexibility index (Phi) is 5.27. The third-order valence-corrected chi connectivity index (χ3v) is 3.02. The molecule has 0 aromatic carbocycles. The molecule has 1 fully saturated rings. The van der Waals surface area contributed by atoms with Crippen LogP contribution in [0.4, 0.5) is 43.9 Å². The van der Waals surface area contributed by atoms with Crippen LogP contribution in [0.5, 0.6) is 0 Å². The second-order valence-corrected chi connectivity index (χ2v) is 4.66. The molecule has 0 saturated carbocycles. The molecule has 0 aliphatic carbocycles. The topological polar surface area (TPSA) is 12.5 Å². The van der Waals surface area contributed by atoms with Crippen molar-refractivity contribution < 1.29 is 48.6 Å². The van der Waals surface area contributed by atoms with Gasteiger partial charge in [-0.25, -0.2) is 9.29 Å². The highest BCUT2D eigenvalue weighted by Gasteiger charge is 2.76. The van der Waals surface area contributed by atoms with E-state index in [-0.39, 0.29) is 17.7 Å². The monoisotopic (exact) mass is 351 g/mol. The van der Waals surface area contributed by atoms with E-state index in [0.29, 0.717) is 6.42 Å². The summed E-state index contributed by atoms with van der Waals surface area (Å²) in [4.78, 5) is 0.0585. The summed E-state index contributed by atoms with van der Waals surface area (Å²) in [6, 6.07) is -4.76. The van der Waals surface area contributed by atoms with Gasteiger partial charge in [0.05, 0.1) is 0 Å². The Bertz CT molecular complexity index is 376. The van der Waals surface area contributed by atoms with Crippen molar-refractivity contribution in [1.82, 2.24) is 4.90 Å². The van der Waals surface area contributed by atoms with Crippen molar-refractivity contribution in [3.05, 3.63) is 0 Å². The van der Waals surface area contributed by atoms with Crippen LogP contribution in [0.3, 0.4) is 0 Å². The van der Waals surface area contributed by atoms with Gasteiger partial charge < -0.3 is 0 Å². The van der Waals surface area contributed by atoms with E-state index < -0.39 is 43.7 Å². The maximum Gasteiger partial charge on any atom is 0.462 e. The van der Waals surface area contributed by atoms with Crippen LogP contribution < -0.4 is 0 Å². The number of halogens is 10. The van der Waals surface area contributed by atoms with Gasteiger partial charge >= 0.3 is 24.3 Å². The number of hydrogen-bond acceptors (Lipinski definition) is 2. The Morgan fingerprint density at radius 2 is 1.23 bits per heavy atom. The van der Waals surface area contributed by atoms with E-state index in [1.165, 1.54) is 0 Å². The molecule has 2 nitrogen and oxygen atoms in total. The average molecular weight is 351 g/mol. The minimum absolute atomic E-state index is 0.0585. The molecule has 1 atom stereocenters. The molecule has 1 aliphatic rings. The van der Waals surface area contributed by atoms with Crippen molar-refractivity contribution in [3.63, 3.8) is 0 Å². The first kappa shape index (κ1) is 19.3. The second-order valence-electron chi connectivity index (χ2n) is 4.66. The number of hydrogen-bond donors (Lipinski definition) is 0. The number of rotatable bonds is 5. The molecular weight excluding hydrogens is 340 g/mol.